The Kier molecular flexibility index (Phi) is 4.89. The molecule has 0 saturated heterocycles. The number of hydrogen-bond acceptors (Lipinski definition) is 3. The van der Waals surface area contributed by atoms with Crippen LogP contribution >= 0.6 is 0 Å². The van der Waals surface area contributed by atoms with Crippen LogP contribution in [0.4, 0.5) is 0 Å². The lowest BCUT2D eigenvalue weighted by atomic mass is 9.98. The minimum absolute atomic E-state index is 0.0769. The largest absolute Gasteiger partial charge is 0.350 e. The number of hydrogen-bond donors (Lipinski definition) is 1. The highest BCUT2D eigenvalue weighted by Crippen LogP contribution is 2.20. The summed E-state index contributed by atoms with van der Waals surface area (Å²) in [7, 11) is 0. The Morgan fingerprint density at radius 1 is 1.23 bits per heavy atom. The second-order valence-electron chi connectivity index (χ2n) is 7.19. The van der Waals surface area contributed by atoms with Crippen LogP contribution in [0.2, 0.25) is 0 Å². The van der Waals surface area contributed by atoms with Crippen molar-refractivity contribution in [3.63, 3.8) is 0 Å². The van der Waals surface area contributed by atoms with Gasteiger partial charge in [0, 0.05) is 17.6 Å². The molecular formula is C18H27N3O. The summed E-state index contributed by atoms with van der Waals surface area (Å²) in [5.74, 6) is 1.23. The van der Waals surface area contributed by atoms with Gasteiger partial charge in [0.2, 0.25) is 5.91 Å². The second-order valence-corrected chi connectivity index (χ2v) is 7.19. The number of nitrogens with one attached hydrogen (secondary N) is 1. The van der Waals surface area contributed by atoms with Crippen molar-refractivity contribution in [3.05, 3.63) is 35.9 Å². The minimum atomic E-state index is -0.228. The van der Waals surface area contributed by atoms with E-state index in [0.717, 1.165) is 24.5 Å². The number of benzene rings is 1. The van der Waals surface area contributed by atoms with Crippen LogP contribution in [0.1, 0.15) is 40.2 Å². The van der Waals surface area contributed by atoms with Crippen molar-refractivity contribution >= 4 is 11.7 Å². The minimum Gasteiger partial charge on any atom is -0.350 e. The first kappa shape index (κ1) is 16.5. The van der Waals surface area contributed by atoms with E-state index in [2.05, 4.69) is 41.2 Å². The highest BCUT2D eigenvalue weighted by atomic mass is 16.2. The van der Waals surface area contributed by atoms with Gasteiger partial charge in [0.25, 0.3) is 0 Å². The van der Waals surface area contributed by atoms with E-state index in [-0.39, 0.29) is 23.4 Å². The second kappa shape index (κ2) is 6.51. The van der Waals surface area contributed by atoms with Crippen molar-refractivity contribution in [1.82, 2.24) is 10.2 Å². The molecule has 1 aliphatic rings. The van der Waals surface area contributed by atoms with E-state index in [1.54, 1.807) is 0 Å². The first-order chi connectivity index (χ1) is 10.3. The van der Waals surface area contributed by atoms with Crippen molar-refractivity contribution < 1.29 is 4.79 Å². The highest BCUT2D eigenvalue weighted by Gasteiger charge is 2.34. The average molecular weight is 301 g/mol. The molecule has 0 fully saturated rings. The van der Waals surface area contributed by atoms with Gasteiger partial charge in [-0.15, -0.1) is 0 Å². The Morgan fingerprint density at radius 3 is 2.41 bits per heavy atom. The van der Waals surface area contributed by atoms with E-state index >= 15 is 0 Å². The predicted octanol–water partition coefficient (Wildman–Crippen LogP) is 2.69. The predicted molar refractivity (Wildman–Crippen MR) is 91.1 cm³/mol. The molecule has 4 heteroatoms. The van der Waals surface area contributed by atoms with Gasteiger partial charge in [0.05, 0.1) is 6.54 Å². The number of amides is 1. The number of nitrogens with zero attached hydrogens (tertiary/aromatic N) is 2. The lowest BCUT2D eigenvalue weighted by Crippen LogP contribution is -2.55. The molecule has 1 unspecified atom stereocenters. The number of amidine groups is 1. The van der Waals surface area contributed by atoms with Crippen molar-refractivity contribution in [2.24, 2.45) is 10.9 Å². The third-order valence-corrected chi connectivity index (χ3v) is 3.64. The molecule has 1 aromatic rings. The Labute approximate surface area is 133 Å². The zero-order chi connectivity index (χ0) is 16.3. The van der Waals surface area contributed by atoms with Crippen LogP contribution in [0.3, 0.4) is 0 Å². The Bertz CT molecular complexity index is 543. The van der Waals surface area contributed by atoms with Gasteiger partial charge in [-0.1, -0.05) is 44.2 Å². The molecule has 1 heterocycles. The van der Waals surface area contributed by atoms with E-state index in [9.17, 15) is 4.79 Å². The van der Waals surface area contributed by atoms with Gasteiger partial charge in [-0.25, -0.2) is 0 Å². The molecule has 1 aromatic carbocycles. The first-order valence-electron chi connectivity index (χ1n) is 7.98. The molecule has 4 nitrogen and oxygen atoms in total. The summed E-state index contributed by atoms with van der Waals surface area (Å²) in [5.41, 5.74) is 0.850. The summed E-state index contributed by atoms with van der Waals surface area (Å²) in [4.78, 5) is 19.5. The SMILES string of the molecule is CC(C)C(C(=O)NC(C)(C)C)N1CCN=C1c1ccccc1. The van der Waals surface area contributed by atoms with E-state index in [1.165, 1.54) is 0 Å². The van der Waals surface area contributed by atoms with Crippen LogP contribution in [0.15, 0.2) is 35.3 Å². The molecule has 1 N–H and O–H groups in total. The van der Waals surface area contributed by atoms with Crippen LogP contribution in [-0.2, 0) is 4.79 Å². The molecule has 1 atom stereocenters. The van der Waals surface area contributed by atoms with E-state index in [0.29, 0.717) is 0 Å². The molecule has 1 aliphatic heterocycles. The fourth-order valence-electron chi connectivity index (χ4n) is 2.82. The number of carbonyl (C=O) groups excluding carboxylic acids is 1. The molecule has 0 aliphatic carbocycles. The van der Waals surface area contributed by atoms with Crippen molar-refractivity contribution in [3.8, 4) is 0 Å². The topological polar surface area (TPSA) is 44.7 Å². The summed E-state index contributed by atoms with van der Waals surface area (Å²) < 4.78 is 0. The van der Waals surface area contributed by atoms with Gasteiger partial charge >= 0.3 is 0 Å². The summed E-state index contributed by atoms with van der Waals surface area (Å²) in [6.45, 7) is 11.8. The summed E-state index contributed by atoms with van der Waals surface area (Å²) in [6.07, 6.45) is 0. The van der Waals surface area contributed by atoms with E-state index in [1.807, 2.05) is 39.0 Å². The highest BCUT2D eigenvalue weighted by molar-refractivity contribution is 6.02. The molecule has 22 heavy (non-hydrogen) atoms. The quantitative estimate of drug-likeness (QED) is 0.929. The molecule has 0 spiro atoms. The maximum absolute atomic E-state index is 12.8. The van der Waals surface area contributed by atoms with Crippen molar-refractivity contribution in [2.45, 2.75) is 46.2 Å². The summed E-state index contributed by atoms with van der Waals surface area (Å²) >= 11 is 0. The third kappa shape index (κ3) is 3.87. The maximum Gasteiger partial charge on any atom is 0.243 e. The van der Waals surface area contributed by atoms with Gasteiger partial charge in [-0.05, 0) is 26.7 Å². The lowest BCUT2D eigenvalue weighted by Gasteiger charge is -2.34. The maximum atomic E-state index is 12.8. The molecule has 2 rings (SSSR count). The molecular weight excluding hydrogens is 274 g/mol. The van der Waals surface area contributed by atoms with Crippen molar-refractivity contribution in [2.75, 3.05) is 13.1 Å². The van der Waals surface area contributed by atoms with Crippen molar-refractivity contribution in [1.29, 1.82) is 0 Å². The van der Waals surface area contributed by atoms with E-state index in [4.69, 9.17) is 0 Å². The van der Waals surface area contributed by atoms with Gasteiger partial charge in [-0.2, -0.15) is 0 Å². The molecule has 0 bridgehead atoms. The molecule has 0 aromatic heterocycles. The van der Waals surface area contributed by atoms with Crippen LogP contribution in [0.25, 0.3) is 0 Å². The van der Waals surface area contributed by atoms with Crippen LogP contribution in [0, 0.1) is 5.92 Å². The third-order valence-electron chi connectivity index (χ3n) is 3.64. The Balaban J connectivity index is 2.25. The van der Waals surface area contributed by atoms with Gasteiger partial charge in [-0.3, -0.25) is 9.79 Å². The smallest absolute Gasteiger partial charge is 0.243 e. The van der Waals surface area contributed by atoms with E-state index < -0.39 is 0 Å². The Morgan fingerprint density at radius 2 is 1.86 bits per heavy atom. The standard InChI is InChI=1S/C18H27N3O/c1-13(2)15(17(22)20-18(3,4)5)21-12-11-19-16(21)14-9-7-6-8-10-14/h6-10,13,15H,11-12H2,1-5H3,(H,20,22). The summed E-state index contributed by atoms with van der Waals surface area (Å²) in [5, 5.41) is 3.11. The van der Waals surface area contributed by atoms with Crippen LogP contribution in [-0.4, -0.2) is 41.3 Å². The number of rotatable bonds is 4. The lowest BCUT2D eigenvalue weighted by molar-refractivity contribution is -0.127. The normalized spacial score (nSPS) is 16.6. The molecule has 120 valence electrons. The number of aliphatic imine (C=N–C) groups is 1. The van der Waals surface area contributed by atoms with Gasteiger partial charge in [0.15, 0.2) is 0 Å². The Hall–Kier alpha value is -1.84. The zero-order valence-electron chi connectivity index (χ0n) is 14.3. The molecule has 0 radical (unpaired) electrons. The fraction of sp³-hybridized carbons (Fsp3) is 0.556. The van der Waals surface area contributed by atoms with Gasteiger partial charge < -0.3 is 10.2 Å². The van der Waals surface area contributed by atoms with Gasteiger partial charge in [0.1, 0.15) is 11.9 Å². The summed E-state index contributed by atoms with van der Waals surface area (Å²) in [6, 6.07) is 9.92. The number of carbonyl (C=O) groups is 1. The monoisotopic (exact) mass is 301 g/mol. The molecule has 0 saturated carbocycles. The zero-order valence-corrected chi connectivity index (χ0v) is 14.3. The van der Waals surface area contributed by atoms with Crippen LogP contribution in [0.5, 0.6) is 0 Å². The molecule has 1 amide bonds. The first-order valence-corrected chi connectivity index (χ1v) is 7.98. The average Bonchev–Trinajstić information content (AvgIpc) is 2.86. The van der Waals surface area contributed by atoms with Crippen LogP contribution < -0.4 is 5.32 Å². The fourth-order valence-corrected chi connectivity index (χ4v) is 2.82.